The van der Waals surface area contributed by atoms with Gasteiger partial charge in [0.1, 0.15) is 23.4 Å². The maximum atomic E-state index is 13.4. The van der Waals surface area contributed by atoms with E-state index in [1.807, 2.05) is 43.3 Å². The number of carbonyl (C=O) groups is 2. The van der Waals surface area contributed by atoms with Crippen molar-refractivity contribution < 1.29 is 24.2 Å². The summed E-state index contributed by atoms with van der Waals surface area (Å²) >= 11 is 0. The summed E-state index contributed by atoms with van der Waals surface area (Å²) < 4.78 is 11.7. The molecule has 1 fully saturated rings. The second-order valence-corrected chi connectivity index (χ2v) is 9.75. The van der Waals surface area contributed by atoms with Gasteiger partial charge in [0.25, 0.3) is 11.7 Å². The van der Waals surface area contributed by atoms with Crippen LogP contribution in [0.2, 0.25) is 0 Å². The molecule has 198 valence electrons. The quantitative estimate of drug-likeness (QED) is 0.201. The Morgan fingerprint density at radius 1 is 1.14 bits per heavy atom. The van der Waals surface area contributed by atoms with E-state index in [0.717, 1.165) is 49.2 Å². The summed E-state index contributed by atoms with van der Waals surface area (Å²) in [4.78, 5) is 30.5. The average Bonchev–Trinajstić information content (AvgIpc) is 3.40. The second kappa shape index (κ2) is 11.8. The molecule has 2 aromatic rings. The number of likely N-dealkylation sites (tertiary alicyclic amines) is 1. The van der Waals surface area contributed by atoms with Crippen molar-refractivity contribution in [3.8, 4) is 11.5 Å². The molecule has 37 heavy (non-hydrogen) atoms. The van der Waals surface area contributed by atoms with Crippen molar-refractivity contribution in [2.75, 3.05) is 32.8 Å². The lowest BCUT2D eigenvalue weighted by molar-refractivity contribution is -0.140. The number of ether oxygens (including phenoxy) is 2. The van der Waals surface area contributed by atoms with Crippen molar-refractivity contribution in [1.82, 2.24) is 9.80 Å². The molecule has 2 atom stereocenters. The molecule has 0 aliphatic carbocycles. The number of aliphatic hydroxyl groups is 1. The van der Waals surface area contributed by atoms with Gasteiger partial charge in [-0.1, -0.05) is 39.3 Å². The smallest absolute Gasteiger partial charge is 0.295 e. The number of ketones is 1. The molecule has 7 nitrogen and oxygen atoms in total. The highest BCUT2D eigenvalue weighted by Gasteiger charge is 2.46. The third kappa shape index (κ3) is 5.67. The van der Waals surface area contributed by atoms with Crippen molar-refractivity contribution in [3.05, 3.63) is 64.7 Å². The lowest BCUT2D eigenvalue weighted by atomic mass is 9.94. The molecule has 1 saturated heterocycles. The molecular formula is C30H38N2O5. The fraction of sp³-hybridized carbons (Fsp3) is 0.467. The Balaban J connectivity index is 1.76. The molecule has 7 heteroatoms. The highest BCUT2D eigenvalue weighted by Crippen LogP contribution is 2.41. The Morgan fingerprint density at radius 2 is 1.92 bits per heavy atom. The van der Waals surface area contributed by atoms with Crippen LogP contribution in [0, 0.1) is 0 Å². The Bertz CT molecular complexity index is 1170. The molecule has 0 radical (unpaired) electrons. The minimum atomic E-state index is -0.700. The van der Waals surface area contributed by atoms with Crippen LogP contribution >= 0.6 is 0 Å². The van der Waals surface area contributed by atoms with Gasteiger partial charge in [0.15, 0.2) is 0 Å². The van der Waals surface area contributed by atoms with Gasteiger partial charge >= 0.3 is 0 Å². The summed E-state index contributed by atoms with van der Waals surface area (Å²) in [6, 6.07) is 12.2. The van der Waals surface area contributed by atoms with Crippen molar-refractivity contribution in [3.63, 3.8) is 0 Å². The van der Waals surface area contributed by atoms with Gasteiger partial charge in [0.05, 0.1) is 18.2 Å². The first-order valence-corrected chi connectivity index (χ1v) is 13.4. The fourth-order valence-corrected chi connectivity index (χ4v) is 5.08. The molecule has 0 spiro atoms. The van der Waals surface area contributed by atoms with Gasteiger partial charge in [-0.15, -0.1) is 0 Å². The molecule has 1 N–H and O–H groups in total. The zero-order chi connectivity index (χ0) is 26.5. The molecule has 2 aliphatic rings. The van der Waals surface area contributed by atoms with E-state index in [9.17, 15) is 14.7 Å². The van der Waals surface area contributed by atoms with Crippen LogP contribution < -0.4 is 9.47 Å². The Morgan fingerprint density at radius 3 is 2.65 bits per heavy atom. The van der Waals surface area contributed by atoms with Crippen LogP contribution in [0.3, 0.4) is 0 Å². The number of likely N-dealkylation sites (N-methyl/N-ethyl adjacent to an activating group) is 1. The topological polar surface area (TPSA) is 79.3 Å². The van der Waals surface area contributed by atoms with Crippen LogP contribution in [-0.2, 0) is 16.0 Å². The van der Waals surface area contributed by atoms with E-state index < -0.39 is 17.7 Å². The molecule has 1 amide bonds. The minimum Gasteiger partial charge on any atom is -0.507 e. The van der Waals surface area contributed by atoms with E-state index in [1.165, 1.54) is 0 Å². The van der Waals surface area contributed by atoms with Gasteiger partial charge in [-0.25, -0.2) is 0 Å². The van der Waals surface area contributed by atoms with Crippen LogP contribution in [-0.4, -0.2) is 65.5 Å². The first kappa shape index (κ1) is 26.7. The van der Waals surface area contributed by atoms with Crippen LogP contribution in [0.5, 0.6) is 11.5 Å². The van der Waals surface area contributed by atoms with Crippen LogP contribution in [0.1, 0.15) is 63.3 Å². The van der Waals surface area contributed by atoms with E-state index in [4.69, 9.17) is 9.47 Å². The maximum Gasteiger partial charge on any atom is 0.295 e. The monoisotopic (exact) mass is 506 g/mol. The van der Waals surface area contributed by atoms with E-state index in [0.29, 0.717) is 31.0 Å². The molecule has 4 rings (SSSR count). The molecule has 2 aromatic carbocycles. The number of fused-ring (bicyclic) bond motifs is 1. The average molecular weight is 507 g/mol. The molecule has 2 heterocycles. The molecule has 0 aromatic heterocycles. The Labute approximate surface area is 219 Å². The Hall–Kier alpha value is -3.32. The molecule has 2 aliphatic heterocycles. The van der Waals surface area contributed by atoms with Gasteiger partial charge in [-0.3, -0.25) is 9.59 Å². The number of hydrogen-bond donors (Lipinski definition) is 1. The summed E-state index contributed by atoms with van der Waals surface area (Å²) in [6.45, 7) is 11.6. The zero-order valence-corrected chi connectivity index (χ0v) is 22.3. The largest absolute Gasteiger partial charge is 0.507 e. The minimum absolute atomic E-state index is 0.0634. The summed E-state index contributed by atoms with van der Waals surface area (Å²) in [5, 5.41) is 11.5. The summed E-state index contributed by atoms with van der Waals surface area (Å²) in [5.74, 6) is 0.0630. The molecule has 0 saturated carbocycles. The number of unbranched alkanes of at least 4 members (excludes halogenated alkanes) is 1. The van der Waals surface area contributed by atoms with Gasteiger partial charge in [0.2, 0.25) is 0 Å². The van der Waals surface area contributed by atoms with Crippen molar-refractivity contribution >= 4 is 17.4 Å². The van der Waals surface area contributed by atoms with E-state index in [1.54, 1.807) is 11.0 Å². The molecular weight excluding hydrogens is 468 g/mol. The third-order valence-corrected chi connectivity index (χ3v) is 7.20. The van der Waals surface area contributed by atoms with Crippen molar-refractivity contribution in [2.45, 2.75) is 59.1 Å². The van der Waals surface area contributed by atoms with Gasteiger partial charge in [-0.2, -0.15) is 0 Å². The number of nitrogens with zero attached hydrogens (tertiary/aromatic N) is 2. The normalized spacial score (nSPS) is 20.4. The Kier molecular flexibility index (Phi) is 8.54. The third-order valence-electron chi connectivity index (χ3n) is 7.20. The first-order chi connectivity index (χ1) is 17.9. The fourth-order valence-electron chi connectivity index (χ4n) is 5.08. The predicted octanol–water partition coefficient (Wildman–Crippen LogP) is 4.95. The summed E-state index contributed by atoms with van der Waals surface area (Å²) in [7, 11) is 0. The zero-order valence-electron chi connectivity index (χ0n) is 22.3. The van der Waals surface area contributed by atoms with E-state index >= 15 is 0 Å². The predicted molar refractivity (Wildman–Crippen MR) is 144 cm³/mol. The number of hydrogen-bond acceptors (Lipinski definition) is 6. The lowest BCUT2D eigenvalue weighted by Crippen LogP contribution is -2.38. The number of carbonyl (C=O) groups excluding carboxylic acids is 2. The van der Waals surface area contributed by atoms with E-state index in [2.05, 4.69) is 25.7 Å². The maximum absolute atomic E-state index is 13.4. The standard InChI is InChI=1S/C30H38N2O5/c1-5-8-16-36-24-11-9-10-21(19-24)27-26(29(34)30(35)32(27)15-14-31(6-2)7-3)28(33)22-12-13-25-23(18-22)17-20(4)37-25/h9-13,18-20,27,33H,5-8,14-17H2,1-4H3/b28-26+/t20-,27-/m1/s1. The highest BCUT2D eigenvalue weighted by atomic mass is 16.5. The SMILES string of the molecule is CCCCOc1cccc([C@@H]2/C(=C(\O)c3ccc4c(c3)C[C@@H](C)O4)C(=O)C(=O)N2CCN(CC)CC)c1. The summed E-state index contributed by atoms with van der Waals surface area (Å²) in [6.07, 6.45) is 2.76. The first-order valence-electron chi connectivity index (χ1n) is 13.4. The van der Waals surface area contributed by atoms with Crippen molar-refractivity contribution in [2.24, 2.45) is 0 Å². The second-order valence-electron chi connectivity index (χ2n) is 9.75. The van der Waals surface area contributed by atoms with Crippen LogP contribution in [0.25, 0.3) is 5.76 Å². The van der Waals surface area contributed by atoms with Gasteiger partial charge < -0.3 is 24.4 Å². The van der Waals surface area contributed by atoms with E-state index in [-0.39, 0.29) is 17.4 Å². The number of rotatable bonds is 11. The van der Waals surface area contributed by atoms with Gasteiger partial charge in [-0.05, 0) is 67.9 Å². The molecule has 0 unspecified atom stereocenters. The van der Waals surface area contributed by atoms with Gasteiger partial charge in [0, 0.05) is 25.1 Å². The highest BCUT2D eigenvalue weighted by molar-refractivity contribution is 6.46. The number of amides is 1. The number of Topliss-reactive ketones (excluding diaryl/α,β-unsaturated/α-hetero) is 1. The lowest BCUT2D eigenvalue weighted by Gasteiger charge is -2.28. The van der Waals surface area contributed by atoms with Crippen LogP contribution in [0.15, 0.2) is 48.0 Å². The number of aliphatic hydroxyl groups excluding tert-OH is 1. The molecule has 0 bridgehead atoms. The van der Waals surface area contributed by atoms with Crippen LogP contribution in [0.4, 0.5) is 0 Å². The number of benzene rings is 2. The summed E-state index contributed by atoms with van der Waals surface area (Å²) in [5.41, 5.74) is 2.35. The van der Waals surface area contributed by atoms with Crippen molar-refractivity contribution in [1.29, 1.82) is 0 Å².